The maximum Gasteiger partial charge on any atom is 0.0351 e. The maximum atomic E-state index is 5.92. The lowest BCUT2D eigenvalue weighted by Crippen LogP contribution is -2.26. The van der Waals surface area contributed by atoms with Gasteiger partial charge in [0, 0.05) is 19.0 Å². The van der Waals surface area contributed by atoms with Crippen molar-refractivity contribution in [2.24, 2.45) is 0 Å². The van der Waals surface area contributed by atoms with Gasteiger partial charge in [0.1, 0.15) is 0 Å². The van der Waals surface area contributed by atoms with Gasteiger partial charge in [-0.05, 0) is 30.5 Å². The molecule has 0 fully saturated rings. The van der Waals surface area contributed by atoms with Gasteiger partial charge < -0.3 is 0 Å². The summed E-state index contributed by atoms with van der Waals surface area (Å²) in [6.07, 6.45) is 2.31. The molecule has 2 aromatic carbocycles. The van der Waals surface area contributed by atoms with E-state index < -0.39 is 0 Å². The number of nitrogens with zero attached hydrogens (tertiary/aromatic N) is 1. The Morgan fingerprint density at radius 3 is 1.95 bits per heavy atom. The normalized spacial score (nSPS) is 10.9. The Labute approximate surface area is 127 Å². The van der Waals surface area contributed by atoms with Crippen LogP contribution in [0.15, 0.2) is 60.7 Å². The molecule has 2 rings (SSSR count). The maximum absolute atomic E-state index is 5.92. The fraction of sp³-hybridized carbons (Fsp3) is 0.333. The first-order valence-corrected chi connectivity index (χ1v) is 7.78. The molecule has 20 heavy (non-hydrogen) atoms. The molecule has 0 aliphatic carbocycles. The van der Waals surface area contributed by atoms with Gasteiger partial charge in [0.05, 0.1) is 0 Å². The van der Waals surface area contributed by atoms with Crippen LogP contribution in [0.2, 0.25) is 0 Å². The van der Waals surface area contributed by atoms with Crippen LogP contribution in [0.1, 0.15) is 17.5 Å². The molecule has 0 saturated heterocycles. The van der Waals surface area contributed by atoms with Gasteiger partial charge >= 0.3 is 0 Å². The van der Waals surface area contributed by atoms with Crippen molar-refractivity contribution in [3.05, 3.63) is 71.8 Å². The molecule has 0 amide bonds. The fourth-order valence-electron chi connectivity index (χ4n) is 2.38. The number of rotatable bonds is 8. The van der Waals surface area contributed by atoms with Gasteiger partial charge in [0.2, 0.25) is 0 Å². The number of benzene rings is 2. The molecule has 0 atom stereocenters. The highest BCUT2D eigenvalue weighted by Gasteiger charge is 2.05. The summed E-state index contributed by atoms with van der Waals surface area (Å²) in [6, 6.07) is 21.3. The van der Waals surface area contributed by atoms with Gasteiger partial charge in [0.15, 0.2) is 0 Å². The van der Waals surface area contributed by atoms with E-state index in [0.29, 0.717) is 5.88 Å². The average Bonchev–Trinajstić information content (AvgIpc) is 2.49. The first-order chi connectivity index (χ1) is 9.88. The molecule has 2 aromatic rings. The highest BCUT2D eigenvalue weighted by Crippen LogP contribution is 2.08. The SMILES string of the molecule is ClCCN(CCCc1ccccc1)Cc1ccccc1. The third-order valence-electron chi connectivity index (χ3n) is 3.43. The van der Waals surface area contributed by atoms with Crippen molar-refractivity contribution >= 4 is 11.6 Å². The Kier molecular flexibility index (Phi) is 6.62. The van der Waals surface area contributed by atoms with E-state index in [1.807, 2.05) is 0 Å². The second-order valence-electron chi connectivity index (χ2n) is 5.04. The third kappa shape index (κ3) is 5.36. The van der Waals surface area contributed by atoms with Gasteiger partial charge in [-0.1, -0.05) is 60.7 Å². The monoisotopic (exact) mass is 287 g/mol. The number of aryl methyl sites for hydroxylation is 1. The lowest BCUT2D eigenvalue weighted by molar-refractivity contribution is 0.278. The van der Waals surface area contributed by atoms with Crippen LogP contribution in [-0.2, 0) is 13.0 Å². The van der Waals surface area contributed by atoms with Crippen molar-refractivity contribution in [2.45, 2.75) is 19.4 Å². The second kappa shape index (κ2) is 8.78. The predicted octanol–water partition coefficient (Wildman–Crippen LogP) is 4.36. The summed E-state index contributed by atoms with van der Waals surface area (Å²) in [5, 5.41) is 0. The molecule has 0 aliphatic heterocycles. The Morgan fingerprint density at radius 2 is 1.35 bits per heavy atom. The molecule has 2 heteroatoms. The standard InChI is InChI=1S/C18H22ClN/c19-13-15-20(16-18-10-5-2-6-11-18)14-7-12-17-8-3-1-4-9-17/h1-6,8-11H,7,12-16H2. The summed E-state index contributed by atoms with van der Waals surface area (Å²) in [6.45, 7) is 3.03. The number of hydrogen-bond acceptors (Lipinski definition) is 1. The molecule has 106 valence electrons. The average molecular weight is 288 g/mol. The summed E-state index contributed by atoms with van der Waals surface area (Å²) in [4.78, 5) is 2.44. The van der Waals surface area contributed by atoms with E-state index in [4.69, 9.17) is 11.6 Å². The minimum absolute atomic E-state index is 0.693. The van der Waals surface area contributed by atoms with E-state index in [1.54, 1.807) is 0 Å². The zero-order chi connectivity index (χ0) is 14.0. The topological polar surface area (TPSA) is 3.24 Å². The molecule has 0 bridgehead atoms. The van der Waals surface area contributed by atoms with Gasteiger partial charge in [-0.15, -0.1) is 11.6 Å². The van der Waals surface area contributed by atoms with Crippen molar-refractivity contribution in [1.29, 1.82) is 0 Å². The lowest BCUT2D eigenvalue weighted by atomic mass is 10.1. The van der Waals surface area contributed by atoms with Crippen LogP contribution in [0.25, 0.3) is 0 Å². The van der Waals surface area contributed by atoms with Crippen LogP contribution in [0, 0.1) is 0 Å². The molecule has 0 radical (unpaired) electrons. The van der Waals surface area contributed by atoms with E-state index in [9.17, 15) is 0 Å². The Morgan fingerprint density at radius 1 is 0.750 bits per heavy atom. The van der Waals surface area contributed by atoms with E-state index in [1.165, 1.54) is 17.5 Å². The largest absolute Gasteiger partial charge is 0.298 e. The van der Waals surface area contributed by atoms with Crippen molar-refractivity contribution in [1.82, 2.24) is 4.90 Å². The highest BCUT2D eigenvalue weighted by molar-refractivity contribution is 6.18. The van der Waals surface area contributed by atoms with E-state index in [-0.39, 0.29) is 0 Å². The highest BCUT2D eigenvalue weighted by atomic mass is 35.5. The van der Waals surface area contributed by atoms with Crippen LogP contribution in [0.3, 0.4) is 0 Å². The first kappa shape index (κ1) is 15.1. The Bertz CT molecular complexity index is 469. The van der Waals surface area contributed by atoms with E-state index >= 15 is 0 Å². The molecular formula is C18H22ClN. The summed E-state index contributed by atoms with van der Waals surface area (Å²) < 4.78 is 0. The minimum atomic E-state index is 0.693. The van der Waals surface area contributed by atoms with Crippen LogP contribution < -0.4 is 0 Å². The molecule has 0 heterocycles. The Balaban J connectivity index is 1.80. The lowest BCUT2D eigenvalue weighted by Gasteiger charge is -2.21. The van der Waals surface area contributed by atoms with E-state index in [2.05, 4.69) is 65.6 Å². The fourth-order valence-corrected chi connectivity index (χ4v) is 2.62. The van der Waals surface area contributed by atoms with Gasteiger partial charge in [-0.3, -0.25) is 4.90 Å². The molecule has 0 unspecified atom stereocenters. The predicted molar refractivity (Wildman–Crippen MR) is 87.2 cm³/mol. The van der Waals surface area contributed by atoms with Gasteiger partial charge in [-0.2, -0.15) is 0 Å². The van der Waals surface area contributed by atoms with Gasteiger partial charge in [-0.25, -0.2) is 0 Å². The smallest absolute Gasteiger partial charge is 0.0351 e. The molecule has 0 N–H and O–H groups in total. The zero-order valence-electron chi connectivity index (χ0n) is 11.8. The van der Waals surface area contributed by atoms with Crippen molar-refractivity contribution in [2.75, 3.05) is 19.0 Å². The summed E-state index contributed by atoms with van der Waals surface area (Å²) in [5.41, 5.74) is 2.77. The molecule has 0 aliphatic rings. The zero-order valence-corrected chi connectivity index (χ0v) is 12.6. The van der Waals surface area contributed by atoms with Crippen molar-refractivity contribution in [3.63, 3.8) is 0 Å². The van der Waals surface area contributed by atoms with Crippen LogP contribution in [0.4, 0.5) is 0 Å². The van der Waals surface area contributed by atoms with Crippen LogP contribution in [-0.4, -0.2) is 23.9 Å². The molecule has 1 nitrogen and oxygen atoms in total. The number of halogens is 1. The number of hydrogen-bond donors (Lipinski definition) is 0. The minimum Gasteiger partial charge on any atom is -0.298 e. The molecular weight excluding hydrogens is 266 g/mol. The summed E-state index contributed by atoms with van der Waals surface area (Å²) in [7, 11) is 0. The van der Waals surface area contributed by atoms with Crippen LogP contribution >= 0.6 is 11.6 Å². The van der Waals surface area contributed by atoms with Crippen molar-refractivity contribution < 1.29 is 0 Å². The van der Waals surface area contributed by atoms with Crippen LogP contribution in [0.5, 0.6) is 0 Å². The summed E-state index contributed by atoms with van der Waals surface area (Å²) in [5.74, 6) is 0.693. The quantitative estimate of drug-likeness (QED) is 0.652. The van der Waals surface area contributed by atoms with Gasteiger partial charge in [0.25, 0.3) is 0 Å². The van der Waals surface area contributed by atoms with Crippen molar-refractivity contribution in [3.8, 4) is 0 Å². The molecule has 0 aromatic heterocycles. The summed E-state index contributed by atoms with van der Waals surface area (Å²) >= 11 is 5.92. The first-order valence-electron chi connectivity index (χ1n) is 7.24. The molecule has 0 spiro atoms. The Hall–Kier alpha value is -1.31. The second-order valence-corrected chi connectivity index (χ2v) is 5.42. The number of alkyl halides is 1. The van der Waals surface area contributed by atoms with E-state index in [0.717, 1.165) is 26.1 Å². The molecule has 0 saturated carbocycles. The third-order valence-corrected chi connectivity index (χ3v) is 3.60.